The van der Waals surface area contributed by atoms with Gasteiger partial charge in [-0.05, 0) is 31.0 Å². The number of benzene rings is 1. The first kappa shape index (κ1) is 18.1. The fourth-order valence-corrected chi connectivity index (χ4v) is 1.52. The molecule has 0 spiro atoms. The molecule has 0 amide bonds. The fraction of sp³-hybridized carbons (Fsp3) is 0.467. The van der Waals surface area contributed by atoms with Gasteiger partial charge < -0.3 is 15.3 Å². The van der Waals surface area contributed by atoms with Crippen LogP contribution in [0.25, 0.3) is 0 Å². The molecule has 1 rings (SSSR count). The van der Waals surface area contributed by atoms with Gasteiger partial charge in [-0.1, -0.05) is 32.3 Å². The van der Waals surface area contributed by atoms with Crippen molar-refractivity contribution in [1.82, 2.24) is 0 Å². The third kappa shape index (κ3) is 6.89. The maximum Gasteiger partial charge on any atom is 0.335 e. The molecule has 0 radical (unpaired) electrons. The standard InChI is InChI=1S/C9H8O4.C6H14O/c1-5-2-3-6(8(10)11)4-7(5)9(12)13;1-2-3-4-5-6-7/h2-4H,1H3,(H,10,11)(H,12,13);7H,2-6H2,1H3. The average molecular weight is 282 g/mol. The molecule has 20 heavy (non-hydrogen) atoms. The lowest BCUT2D eigenvalue weighted by Gasteiger charge is -2.01. The van der Waals surface area contributed by atoms with E-state index in [4.69, 9.17) is 15.3 Å². The number of hydrogen-bond acceptors (Lipinski definition) is 3. The van der Waals surface area contributed by atoms with Gasteiger partial charge in [0, 0.05) is 6.61 Å². The smallest absolute Gasteiger partial charge is 0.335 e. The van der Waals surface area contributed by atoms with Crippen molar-refractivity contribution < 1.29 is 24.9 Å². The first-order valence-corrected chi connectivity index (χ1v) is 6.62. The number of carboxylic acids is 2. The summed E-state index contributed by atoms with van der Waals surface area (Å²) in [7, 11) is 0. The zero-order valence-corrected chi connectivity index (χ0v) is 11.9. The highest BCUT2D eigenvalue weighted by molar-refractivity contribution is 5.94. The molecule has 5 nitrogen and oxygen atoms in total. The van der Waals surface area contributed by atoms with E-state index in [1.165, 1.54) is 31.4 Å². The SMILES string of the molecule is CCCCCCO.Cc1ccc(C(=O)O)cc1C(=O)O. The lowest BCUT2D eigenvalue weighted by atomic mass is 10.1. The number of rotatable bonds is 6. The largest absolute Gasteiger partial charge is 0.478 e. The summed E-state index contributed by atoms with van der Waals surface area (Å²) in [4.78, 5) is 21.1. The number of hydrogen-bond donors (Lipinski definition) is 3. The molecule has 5 heteroatoms. The van der Waals surface area contributed by atoms with Gasteiger partial charge in [-0.3, -0.25) is 0 Å². The van der Waals surface area contributed by atoms with Crippen molar-refractivity contribution in [2.24, 2.45) is 0 Å². The topological polar surface area (TPSA) is 94.8 Å². The minimum Gasteiger partial charge on any atom is -0.478 e. The molecule has 0 aromatic heterocycles. The molecule has 0 aliphatic carbocycles. The Bertz CT molecular complexity index is 436. The van der Waals surface area contributed by atoms with E-state index < -0.39 is 11.9 Å². The second kappa shape index (κ2) is 9.97. The predicted molar refractivity (Wildman–Crippen MR) is 76.3 cm³/mol. The van der Waals surface area contributed by atoms with Crippen LogP contribution in [0.1, 0.15) is 58.9 Å². The molecule has 0 atom stereocenters. The summed E-state index contributed by atoms with van der Waals surface area (Å²) in [5, 5.41) is 25.6. The number of aromatic carboxylic acids is 2. The Morgan fingerprint density at radius 1 is 1.05 bits per heavy atom. The van der Waals surface area contributed by atoms with Crippen LogP contribution in [0.3, 0.4) is 0 Å². The molecule has 0 aliphatic rings. The minimum absolute atomic E-state index is 0.0111. The van der Waals surface area contributed by atoms with Gasteiger partial charge in [-0.15, -0.1) is 0 Å². The molecule has 0 bridgehead atoms. The molecule has 0 heterocycles. The average Bonchev–Trinajstić information content (AvgIpc) is 2.40. The van der Waals surface area contributed by atoms with Crippen molar-refractivity contribution in [2.75, 3.05) is 6.61 Å². The Morgan fingerprint density at radius 2 is 1.70 bits per heavy atom. The van der Waals surface area contributed by atoms with Crippen molar-refractivity contribution in [3.63, 3.8) is 0 Å². The Kier molecular flexibility index (Phi) is 9.04. The van der Waals surface area contributed by atoms with E-state index in [0.717, 1.165) is 12.5 Å². The van der Waals surface area contributed by atoms with Crippen LogP contribution in [0.2, 0.25) is 0 Å². The van der Waals surface area contributed by atoms with Gasteiger partial charge in [0.15, 0.2) is 0 Å². The normalized spacial score (nSPS) is 9.55. The first-order valence-electron chi connectivity index (χ1n) is 6.62. The van der Waals surface area contributed by atoms with E-state index >= 15 is 0 Å². The summed E-state index contributed by atoms with van der Waals surface area (Å²) >= 11 is 0. The summed E-state index contributed by atoms with van der Waals surface area (Å²) in [6.45, 7) is 4.15. The number of aryl methyl sites for hydroxylation is 1. The zero-order chi connectivity index (χ0) is 15.5. The molecule has 0 aliphatic heterocycles. The monoisotopic (exact) mass is 282 g/mol. The van der Waals surface area contributed by atoms with E-state index in [9.17, 15) is 9.59 Å². The highest BCUT2D eigenvalue weighted by atomic mass is 16.4. The Balaban J connectivity index is 0.000000441. The second-order valence-corrected chi connectivity index (χ2v) is 4.42. The molecular weight excluding hydrogens is 260 g/mol. The van der Waals surface area contributed by atoms with Crippen molar-refractivity contribution in [2.45, 2.75) is 39.5 Å². The summed E-state index contributed by atoms with van der Waals surface area (Å²) < 4.78 is 0. The first-order chi connectivity index (χ1) is 9.43. The van der Waals surface area contributed by atoms with Crippen LogP contribution in [0, 0.1) is 6.92 Å². The number of carboxylic acid groups (broad SMARTS) is 2. The van der Waals surface area contributed by atoms with Crippen LogP contribution < -0.4 is 0 Å². The second-order valence-electron chi connectivity index (χ2n) is 4.42. The fourth-order valence-electron chi connectivity index (χ4n) is 1.52. The Hall–Kier alpha value is -1.88. The van der Waals surface area contributed by atoms with E-state index in [0.29, 0.717) is 12.2 Å². The molecule has 3 N–H and O–H groups in total. The van der Waals surface area contributed by atoms with Crippen molar-refractivity contribution in [3.05, 3.63) is 34.9 Å². The van der Waals surface area contributed by atoms with E-state index in [-0.39, 0.29) is 11.1 Å². The number of aliphatic hydroxyl groups excluding tert-OH is 1. The van der Waals surface area contributed by atoms with Gasteiger partial charge >= 0.3 is 11.9 Å². The lowest BCUT2D eigenvalue weighted by molar-refractivity contribution is 0.0695. The van der Waals surface area contributed by atoms with Gasteiger partial charge in [-0.25, -0.2) is 9.59 Å². The van der Waals surface area contributed by atoms with Crippen LogP contribution in [-0.4, -0.2) is 33.9 Å². The number of aliphatic hydroxyl groups is 1. The van der Waals surface area contributed by atoms with E-state index in [1.807, 2.05) is 0 Å². The van der Waals surface area contributed by atoms with Crippen LogP contribution in [0.15, 0.2) is 18.2 Å². The summed E-state index contributed by atoms with van der Waals surface area (Å²) in [6, 6.07) is 4.01. The molecule has 0 saturated heterocycles. The van der Waals surface area contributed by atoms with Crippen molar-refractivity contribution in [3.8, 4) is 0 Å². The summed E-state index contributed by atoms with van der Waals surface area (Å²) in [5.41, 5.74) is 0.570. The number of carbonyl (C=O) groups is 2. The van der Waals surface area contributed by atoms with Crippen LogP contribution in [0.5, 0.6) is 0 Å². The molecule has 1 aromatic carbocycles. The van der Waals surface area contributed by atoms with E-state index in [2.05, 4.69) is 6.92 Å². The third-order valence-electron chi connectivity index (χ3n) is 2.73. The van der Waals surface area contributed by atoms with Crippen LogP contribution in [0.4, 0.5) is 0 Å². The Labute approximate surface area is 118 Å². The van der Waals surface area contributed by atoms with Crippen molar-refractivity contribution >= 4 is 11.9 Å². The molecule has 0 fully saturated rings. The summed E-state index contributed by atoms with van der Waals surface area (Å²) in [5.74, 6) is -2.23. The maximum absolute atomic E-state index is 10.6. The molecule has 0 unspecified atom stereocenters. The van der Waals surface area contributed by atoms with Gasteiger partial charge in [0.1, 0.15) is 0 Å². The highest BCUT2D eigenvalue weighted by Crippen LogP contribution is 2.11. The predicted octanol–water partition coefficient (Wildman–Crippen LogP) is 2.95. The Morgan fingerprint density at radius 3 is 2.15 bits per heavy atom. The maximum atomic E-state index is 10.6. The van der Waals surface area contributed by atoms with Crippen LogP contribution >= 0.6 is 0 Å². The lowest BCUT2D eigenvalue weighted by Crippen LogP contribution is -2.03. The van der Waals surface area contributed by atoms with Gasteiger partial charge in [0.05, 0.1) is 11.1 Å². The quantitative estimate of drug-likeness (QED) is 0.697. The highest BCUT2D eigenvalue weighted by Gasteiger charge is 2.10. The van der Waals surface area contributed by atoms with Crippen LogP contribution in [-0.2, 0) is 0 Å². The molecule has 0 saturated carbocycles. The molecule has 1 aromatic rings. The third-order valence-corrected chi connectivity index (χ3v) is 2.73. The number of unbranched alkanes of at least 4 members (excludes halogenated alkanes) is 3. The minimum atomic E-state index is -1.12. The van der Waals surface area contributed by atoms with Gasteiger partial charge in [0.25, 0.3) is 0 Å². The molecule has 112 valence electrons. The van der Waals surface area contributed by atoms with E-state index in [1.54, 1.807) is 6.92 Å². The van der Waals surface area contributed by atoms with Gasteiger partial charge in [0.2, 0.25) is 0 Å². The van der Waals surface area contributed by atoms with Crippen molar-refractivity contribution in [1.29, 1.82) is 0 Å². The van der Waals surface area contributed by atoms with Gasteiger partial charge in [-0.2, -0.15) is 0 Å². The summed E-state index contributed by atoms with van der Waals surface area (Å²) in [6.07, 6.45) is 4.68. The zero-order valence-electron chi connectivity index (χ0n) is 11.9. The molecular formula is C15H22O5.